The van der Waals surface area contributed by atoms with Gasteiger partial charge in [0.15, 0.2) is 0 Å². The maximum Gasteiger partial charge on any atom is 0.282 e. The highest BCUT2D eigenvalue weighted by molar-refractivity contribution is 6.45. The fourth-order valence-corrected chi connectivity index (χ4v) is 3.39. The molecule has 0 bridgehead atoms. The Bertz CT molecular complexity index is 866. The zero-order valence-electron chi connectivity index (χ0n) is 14.6. The van der Waals surface area contributed by atoms with E-state index in [9.17, 15) is 9.59 Å². The largest absolute Gasteiger partial charge is 0.378 e. The first kappa shape index (κ1) is 16.5. The number of aryl methyl sites for hydroxylation is 1. The van der Waals surface area contributed by atoms with E-state index < -0.39 is 0 Å². The summed E-state index contributed by atoms with van der Waals surface area (Å²) in [6, 6.07) is 16.9. The molecule has 2 heterocycles. The molecule has 1 fully saturated rings. The van der Waals surface area contributed by atoms with Gasteiger partial charge >= 0.3 is 0 Å². The van der Waals surface area contributed by atoms with E-state index in [-0.39, 0.29) is 11.8 Å². The summed E-state index contributed by atoms with van der Waals surface area (Å²) in [6.07, 6.45) is 0. The number of hydrogen-bond acceptors (Lipinski definition) is 4. The van der Waals surface area contributed by atoms with Crippen LogP contribution in [0.5, 0.6) is 0 Å². The second kappa shape index (κ2) is 6.77. The Morgan fingerprint density at radius 1 is 0.846 bits per heavy atom. The Labute approximate surface area is 152 Å². The number of nitrogens with zero attached hydrogens (tertiary/aromatic N) is 2. The van der Waals surface area contributed by atoms with Crippen molar-refractivity contribution < 1.29 is 14.3 Å². The molecule has 0 aromatic heterocycles. The van der Waals surface area contributed by atoms with Crippen LogP contribution in [-0.4, -0.2) is 43.0 Å². The number of anilines is 1. The van der Waals surface area contributed by atoms with E-state index in [2.05, 4.69) is 0 Å². The van der Waals surface area contributed by atoms with Crippen molar-refractivity contribution >= 4 is 23.1 Å². The molecule has 0 unspecified atom stereocenters. The second-order valence-electron chi connectivity index (χ2n) is 6.47. The molecule has 2 aromatic carbocycles. The smallest absolute Gasteiger partial charge is 0.282 e. The summed E-state index contributed by atoms with van der Waals surface area (Å²) in [4.78, 5) is 29.7. The van der Waals surface area contributed by atoms with Crippen molar-refractivity contribution in [3.05, 3.63) is 71.4 Å². The molecule has 0 N–H and O–H groups in total. The number of rotatable bonds is 3. The number of carbonyl (C=O) groups is 2. The van der Waals surface area contributed by atoms with E-state index >= 15 is 0 Å². The maximum atomic E-state index is 13.2. The highest BCUT2D eigenvalue weighted by atomic mass is 16.5. The number of imide groups is 1. The number of amides is 2. The van der Waals surface area contributed by atoms with Gasteiger partial charge in [-0.3, -0.25) is 9.59 Å². The lowest BCUT2D eigenvalue weighted by molar-refractivity contribution is -0.121. The van der Waals surface area contributed by atoms with Gasteiger partial charge in [-0.15, -0.1) is 0 Å². The average Bonchev–Trinajstić information content (AvgIpc) is 2.94. The summed E-state index contributed by atoms with van der Waals surface area (Å²) in [5, 5.41) is 0. The molecule has 5 nitrogen and oxygen atoms in total. The first-order chi connectivity index (χ1) is 12.7. The predicted octanol–water partition coefficient (Wildman–Crippen LogP) is 2.61. The van der Waals surface area contributed by atoms with Gasteiger partial charge < -0.3 is 9.64 Å². The lowest BCUT2D eigenvalue weighted by atomic mass is 10.0. The molecule has 2 aliphatic rings. The lowest BCUT2D eigenvalue weighted by Gasteiger charge is -2.29. The SMILES string of the molecule is Cc1ccc(N2C(=O)C(c3ccccc3)=C(N3CCOCC3)C2=O)cc1. The quantitative estimate of drug-likeness (QED) is 0.800. The Hall–Kier alpha value is -2.92. The van der Waals surface area contributed by atoms with E-state index in [1.54, 1.807) is 0 Å². The fraction of sp³-hybridized carbons (Fsp3) is 0.238. The number of ether oxygens (including phenoxy) is 1. The molecule has 132 valence electrons. The molecule has 2 aromatic rings. The van der Waals surface area contributed by atoms with E-state index in [4.69, 9.17) is 4.74 Å². The number of benzene rings is 2. The zero-order chi connectivity index (χ0) is 18.1. The van der Waals surface area contributed by atoms with Crippen LogP contribution < -0.4 is 4.90 Å². The third kappa shape index (κ3) is 2.80. The Morgan fingerprint density at radius 3 is 2.15 bits per heavy atom. The highest BCUT2D eigenvalue weighted by Crippen LogP contribution is 2.35. The first-order valence-corrected chi connectivity index (χ1v) is 8.74. The van der Waals surface area contributed by atoms with Gasteiger partial charge in [-0.25, -0.2) is 4.90 Å². The second-order valence-corrected chi connectivity index (χ2v) is 6.47. The van der Waals surface area contributed by atoms with Gasteiger partial charge in [0.05, 0.1) is 24.5 Å². The van der Waals surface area contributed by atoms with Crippen LogP contribution >= 0.6 is 0 Å². The number of morpholine rings is 1. The molecule has 4 rings (SSSR count). The van der Waals surface area contributed by atoms with Crippen LogP contribution in [0.25, 0.3) is 5.57 Å². The van der Waals surface area contributed by atoms with Gasteiger partial charge in [-0.1, -0.05) is 48.0 Å². The minimum Gasteiger partial charge on any atom is -0.378 e. The van der Waals surface area contributed by atoms with Gasteiger partial charge in [0.25, 0.3) is 11.8 Å². The van der Waals surface area contributed by atoms with Gasteiger partial charge in [-0.05, 0) is 24.6 Å². The molecule has 5 heteroatoms. The molecular formula is C21H20N2O3. The summed E-state index contributed by atoms with van der Waals surface area (Å²) in [5.41, 5.74) is 3.39. The van der Waals surface area contributed by atoms with Crippen LogP contribution in [0.1, 0.15) is 11.1 Å². The summed E-state index contributed by atoms with van der Waals surface area (Å²) < 4.78 is 5.41. The maximum absolute atomic E-state index is 13.2. The van der Waals surface area contributed by atoms with Gasteiger partial charge in [0, 0.05) is 13.1 Å². The zero-order valence-corrected chi connectivity index (χ0v) is 14.6. The molecule has 0 radical (unpaired) electrons. The minimum absolute atomic E-state index is 0.264. The minimum atomic E-state index is -0.272. The van der Waals surface area contributed by atoms with Crippen LogP contribution in [0.15, 0.2) is 60.3 Å². The number of hydrogen-bond donors (Lipinski definition) is 0. The Morgan fingerprint density at radius 2 is 1.50 bits per heavy atom. The van der Waals surface area contributed by atoms with Crippen molar-refractivity contribution in [1.29, 1.82) is 0 Å². The molecule has 2 amide bonds. The topological polar surface area (TPSA) is 49.9 Å². The summed E-state index contributed by atoms with van der Waals surface area (Å²) >= 11 is 0. The standard InChI is InChI=1S/C21H20N2O3/c1-15-7-9-17(10-8-15)23-20(24)18(16-5-3-2-4-6-16)19(21(23)25)22-11-13-26-14-12-22/h2-10H,11-14H2,1H3. The predicted molar refractivity (Wildman–Crippen MR) is 99.4 cm³/mol. The Balaban J connectivity index is 1.81. The van der Waals surface area contributed by atoms with Crippen molar-refractivity contribution in [1.82, 2.24) is 4.90 Å². The number of carbonyl (C=O) groups excluding carboxylic acids is 2. The van der Waals surface area contributed by atoms with E-state index in [1.807, 2.05) is 66.4 Å². The molecule has 0 aliphatic carbocycles. The molecule has 0 saturated carbocycles. The highest BCUT2D eigenvalue weighted by Gasteiger charge is 2.42. The van der Waals surface area contributed by atoms with Crippen LogP contribution in [0, 0.1) is 6.92 Å². The van der Waals surface area contributed by atoms with Gasteiger partial charge in [0.1, 0.15) is 5.70 Å². The summed E-state index contributed by atoms with van der Waals surface area (Å²) in [6.45, 7) is 4.29. The van der Waals surface area contributed by atoms with Crippen LogP contribution in [0.3, 0.4) is 0 Å². The Kier molecular flexibility index (Phi) is 4.31. The molecule has 0 atom stereocenters. The molecule has 1 saturated heterocycles. The normalized spacial score (nSPS) is 18.0. The fourth-order valence-electron chi connectivity index (χ4n) is 3.39. The van der Waals surface area contributed by atoms with Crippen molar-refractivity contribution in [2.24, 2.45) is 0 Å². The van der Waals surface area contributed by atoms with E-state index in [0.717, 1.165) is 11.1 Å². The van der Waals surface area contributed by atoms with E-state index in [0.29, 0.717) is 43.3 Å². The average molecular weight is 348 g/mol. The van der Waals surface area contributed by atoms with Crippen molar-refractivity contribution in [3.8, 4) is 0 Å². The third-order valence-electron chi connectivity index (χ3n) is 4.74. The van der Waals surface area contributed by atoms with Crippen LogP contribution in [-0.2, 0) is 14.3 Å². The van der Waals surface area contributed by atoms with Gasteiger partial charge in [0.2, 0.25) is 0 Å². The molecule has 26 heavy (non-hydrogen) atoms. The lowest BCUT2D eigenvalue weighted by Crippen LogP contribution is -2.40. The summed E-state index contributed by atoms with van der Waals surface area (Å²) in [5.74, 6) is -0.536. The molecular weight excluding hydrogens is 328 g/mol. The molecule has 0 spiro atoms. The first-order valence-electron chi connectivity index (χ1n) is 8.74. The van der Waals surface area contributed by atoms with E-state index in [1.165, 1.54) is 4.90 Å². The summed E-state index contributed by atoms with van der Waals surface area (Å²) in [7, 11) is 0. The van der Waals surface area contributed by atoms with Crippen molar-refractivity contribution in [2.45, 2.75) is 6.92 Å². The monoisotopic (exact) mass is 348 g/mol. The van der Waals surface area contributed by atoms with Gasteiger partial charge in [-0.2, -0.15) is 0 Å². The van der Waals surface area contributed by atoms with Crippen LogP contribution in [0.4, 0.5) is 5.69 Å². The molecule has 2 aliphatic heterocycles. The van der Waals surface area contributed by atoms with Crippen molar-refractivity contribution in [2.75, 3.05) is 31.2 Å². The van der Waals surface area contributed by atoms with Crippen molar-refractivity contribution in [3.63, 3.8) is 0 Å². The van der Waals surface area contributed by atoms with Crippen LogP contribution in [0.2, 0.25) is 0 Å². The third-order valence-corrected chi connectivity index (χ3v) is 4.74.